The first-order chi connectivity index (χ1) is 14.0. The van der Waals surface area contributed by atoms with E-state index in [1.165, 1.54) is 12.1 Å². The quantitative estimate of drug-likeness (QED) is 0.698. The molecule has 1 amide bonds. The molecule has 1 heterocycles. The predicted octanol–water partition coefficient (Wildman–Crippen LogP) is 3.68. The summed E-state index contributed by atoms with van der Waals surface area (Å²) in [6, 6.07) is 11.8. The van der Waals surface area contributed by atoms with Gasteiger partial charge in [0.25, 0.3) is 0 Å². The van der Waals surface area contributed by atoms with Crippen LogP contribution in [0.15, 0.2) is 42.5 Å². The van der Waals surface area contributed by atoms with E-state index < -0.39 is 0 Å². The molecule has 154 valence electrons. The van der Waals surface area contributed by atoms with Crippen molar-refractivity contribution in [3.63, 3.8) is 0 Å². The van der Waals surface area contributed by atoms with E-state index in [4.69, 9.17) is 27.4 Å². The first-order valence-corrected chi connectivity index (χ1v) is 10.1. The van der Waals surface area contributed by atoms with Gasteiger partial charge in [-0.1, -0.05) is 24.4 Å². The van der Waals surface area contributed by atoms with Crippen molar-refractivity contribution in [2.75, 3.05) is 19.7 Å². The number of halogens is 1. The largest absolute Gasteiger partial charge is 0.490 e. The fourth-order valence-corrected chi connectivity index (χ4v) is 3.63. The van der Waals surface area contributed by atoms with Crippen LogP contribution in [0.25, 0.3) is 0 Å². The lowest BCUT2D eigenvalue weighted by atomic mass is 9.96. The number of hydrogen-bond acceptors (Lipinski definition) is 4. The molecule has 0 aliphatic carbocycles. The Balaban J connectivity index is 1.69. The molecule has 1 aliphatic rings. The molecule has 29 heavy (non-hydrogen) atoms. The Hall–Kier alpha value is -2.67. The van der Waals surface area contributed by atoms with Gasteiger partial charge in [-0.3, -0.25) is 4.79 Å². The Morgan fingerprint density at radius 3 is 2.45 bits per heavy atom. The molecule has 2 aromatic carbocycles. The molecule has 0 saturated carbocycles. The molecule has 1 fully saturated rings. The van der Waals surface area contributed by atoms with E-state index in [-0.39, 0.29) is 17.6 Å². The summed E-state index contributed by atoms with van der Waals surface area (Å²) in [6.07, 6.45) is 1.43. The number of hydrogen-bond donors (Lipinski definition) is 1. The normalized spacial score (nSPS) is 14.5. The monoisotopic (exact) mass is 416 g/mol. The fourth-order valence-electron chi connectivity index (χ4n) is 3.32. The van der Waals surface area contributed by atoms with Crippen molar-refractivity contribution in [3.05, 3.63) is 59.4 Å². The summed E-state index contributed by atoms with van der Waals surface area (Å²) < 4.78 is 24.7. The lowest BCUT2D eigenvalue weighted by Gasteiger charge is -2.32. The summed E-state index contributed by atoms with van der Waals surface area (Å²) >= 11 is 5.66. The molecule has 2 N–H and O–H groups in total. The Morgan fingerprint density at radius 1 is 1.14 bits per heavy atom. The highest BCUT2D eigenvalue weighted by atomic mass is 32.1. The number of nitrogens with two attached hydrogens (primary N) is 1. The summed E-state index contributed by atoms with van der Waals surface area (Å²) in [5, 5.41) is 0. The number of likely N-dealkylation sites (tertiary alicyclic amines) is 1. The first-order valence-electron chi connectivity index (χ1n) is 9.70. The van der Waals surface area contributed by atoms with Crippen LogP contribution in [0.4, 0.5) is 4.39 Å². The molecule has 0 radical (unpaired) electrons. The third-order valence-corrected chi connectivity index (χ3v) is 5.48. The Morgan fingerprint density at radius 2 is 1.83 bits per heavy atom. The van der Waals surface area contributed by atoms with E-state index in [0.717, 1.165) is 16.1 Å². The third kappa shape index (κ3) is 5.44. The van der Waals surface area contributed by atoms with E-state index in [2.05, 4.69) is 4.90 Å². The number of benzene rings is 2. The number of carbonyl (C=O) groups is 1. The van der Waals surface area contributed by atoms with E-state index in [1.54, 1.807) is 12.1 Å². The molecular weight excluding hydrogens is 391 g/mol. The number of amides is 1. The maximum absolute atomic E-state index is 13.0. The highest BCUT2D eigenvalue weighted by molar-refractivity contribution is 7.80. The first kappa shape index (κ1) is 21.0. The smallest absolute Gasteiger partial charge is 0.220 e. The minimum atomic E-state index is -0.276. The van der Waals surface area contributed by atoms with Crippen molar-refractivity contribution in [1.29, 1.82) is 0 Å². The second kappa shape index (κ2) is 9.69. The Bertz CT molecular complexity index is 865. The Labute approximate surface area is 175 Å². The summed E-state index contributed by atoms with van der Waals surface area (Å²) in [6.45, 7) is 4.12. The second-order valence-electron chi connectivity index (χ2n) is 6.98. The van der Waals surface area contributed by atoms with Crippen LogP contribution in [-0.4, -0.2) is 35.5 Å². The highest BCUT2D eigenvalue weighted by Gasteiger charge is 2.25. The molecule has 0 unspecified atom stereocenters. The van der Waals surface area contributed by atoms with Crippen LogP contribution in [0.3, 0.4) is 0 Å². The maximum Gasteiger partial charge on any atom is 0.220 e. The van der Waals surface area contributed by atoms with Gasteiger partial charge in [-0.25, -0.2) is 4.39 Å². The van der Waals surface area contributed by atoms with Crippen molar-refractivity contribution in [2.45, 2.75) is 26.4 Å². The zero-order chi connectivity index (χ0) is 20.8. The summed E-state index contributed by atoms with van der Waals surface area (Å²) in [5.41, 5.74) is 7.15. The van der Waals surface area contributed by atoms with Gasteiger partial charge in [0.15, 0.2) is 11.5 Å². The van der Waals surface area contributed by atoms with Gasteiger partial charge in [-0.2, -0.15) is 0 Å². The van der Waals surface area contributed by atoms with Crippen LogP contribution in [0.1, 0.15) is 30.9 Å². The third-order valence-electron chi connectivity index (χ3n) is 4.98. The molecule has 1 aliphatic heterocycles. The van der Waals surface area contributed by atoms with Gasteiger partial charge in [0.05, 0.1) is 6.61 Å². The molecule has 1 saturated heterocycles. The molecule has 7 heteroatoms. The van der Waals surface area contributed by atoms with Gasteiger partial charge in [-0.15, -0.1) is 0 Å². The lowest BCUT2D eigenvalue weighted by Crippen LogP contribution is -2.41. The van der Waals surface area contributed by atoms with Crippen LogP contribution in [0, 0.1) is 11.7 Å². The van der Waals surface area contributed by atoms with Crippen LogP contribution in [-0.2, 0) is 11.4 Å². The van der Waals surface area contributed by atoms with E-state index in [0.29, 0.717) is 50.6 Å². The summed E-state index contributed by atoms with van der Waals surface area (Å²) in [7, 11) is 0. The molecule has 0 bridgehead atoms. The van der Waals surface area contributed by atoms with Crippen LogP contribution >= 0.6 is 12.2 Å². The van der Waals surface area contributed by atoms with Crippen LogP contribution < -0.4 is 15.2 Å². The highest BCUT2D eigenvalue weighted by Crippen LogP contribution is 2.30. The van der Waals surface area contributed by atoms with Gasteiger partial charge in [-0.05, 0) is 55.7 Å². The average molecular weight is 417 g/mol. The van der Waals surface area contributed by atoms with Crippen molar-refractivity contribution in [3.8, 4) is 11.5 Å². The number of primary amides is 1. The topological polar surface area (TPSA) is 64.8 Å². The minimum Gasteiger partial charge on any atom is -0.490 e. The van der Waals surface area contributed by atoms with E-state index in [9.17, 15) is 9.18 Å². The molecule has 0 atom stereocenters. The average Bonchev–Trinajstić information content (AvgIpc) is 2.73. The van der Waals surface area contributed by atoms with Crippen molar-refractivity contribution in [1.82, 2.24) is 4.90 Å². The molecule has 5 nitrogen and oxygen atoms in total. The SMILES string of the molecule is CCOc1cc(C(=S)N2CCC(C(N)=O)CC2)ccc1OCc1ccc(F)cc1. The van der Waals surface area contributed by atoms with Crippen LogP contribution in [0.2, 0.25) is 0 Å². The molecule has 3 rings (SSSR count). The number of rotatable bonds is 7. The van der Waals surface area contributed by atoms with Gasteiger partial charge in [0.1, 0.15) is 17.4 Å². The van der Waals surface area contributed by atoms with Crippen LogP contribution in [0.5, 0.6) is 11.5 Å². The summed E-state index contributed by atoms with van der Waals surface area (Å²) in [4.78, 5) is 14.2. The molecular formula is C22H25FN2O3S. The Kier molecular flexibility index (Phi) is 7.04. The molecule has 0 aromatic heterocycles. The maximum atomic E-state index is 13.0. The van der Waals surface area contributed by atoms with Crippen molar-refractivity contribution in [2.24, 2.45) is 11.7 Å². The summed E-state index contributed by atoms with van der Waals surface area (Å²) in [5.74, 6) is 0.630. The zero-order valence-corrected chi connectivity index (χ0v) is 17.2. The number of piperidine rings is 1. The number of thiocarbonyl (C=S) groups is 1. The van der Waals surface area contributed by atoms with Gasteiger partial charge < -0.3 is 20.1 Å². The molecule has 0 spiro atoms. The minimum absolute atomic E-state index is 0.0738. The number of carbonyl (C=O) groups excluding carboxylic acids is 1. The van der Waals surface area contributed by atoms with E-state index in [1.807, 2.05) is 25.1 Å². The van der Waals surface area contributed by atoms with Crippen molar-refractivity contribution < 1.29 is 18.7 Å². The van der Waals surface area contributed by atoms with Gasteiger partial charge >= 0.3 is 0 Å². The van der Waals surface area contributed by atoms with E-state index >= 15 is 0 Å². The number of ether oxygens (including phenoxy) is 2. The zero-order valence-electron chi connectivity index (χ0n) is 16.4. The second-order valence-corrected chi connectivity index (χ2v) is 7.37. The lowest BCUT2D eigenvalue weighted by molar-refractivity contribution is -0.122. The standard InChI is InChI=1S/C22H25FN2O3S/c1-2-27-20-13-17(22(29)25-11-9-16(10-12-25)21(24)26)5-8-19(20)28-14-15-3-6-18(23)7-4-15/h3-8,13,16H,2,9-12,14H2,1H3,(H2,24,26). The van der Waals surface area contributed by atoms with Gasteiger partial charge in [0.2, 0.25) is 5.91 Å². The predicted molar refractivity (Wildman–Crippen MR) is 114 cm³/mol. The van der Waals surface area contributed by atoms with Gasteiger partial charge in [0, 0.05) is 24.6 Å². The number of nitrogens with zero attached hydrogens (tertiary/aromatic N) is 1. The molecule has 2 aromatic rings. The van der Waals surface area contributed by atoms with Crippen molar-refractivity contribution >= 4 is 23.1 Å². The fraction of sp³-hybridized carbons (Fsp3) is 0.364.